The number of non-ortho nitro benzene ring substituents is 1. The summed E-state index contributed by atoms with van der Waals surface area (Å²) < 4.78 is 0. The second-order valence-corrected chi connectivity index (χ2v) is 3.99. The fraction of sp³-hybridized carbons (Fsp3) is 0. The number of nitro benzene ring substituents is 1. The highest BCUT2D eigenvalue weighted by Gasteiger charge is 2.13. The molecule has 88 valence electrons. The van der Waals surface area contributed by atoms with Crippen molar-refractivity contribution in [2.45, 2.75) is 0 Å². The molecule has 0 amide bonds. The zero-order valence-electron chi connectivity index (χ0n) is 9.13. The molecule has 0 aliphatic carbocycles. The summed E-state index contributed by atoms with van der Waals surface area (Å²) in [5.41, 5.74) is 1.40. The van der Waals surface area contributed by atoms with Crippen LogP contribution in [0.25, 0.3) is 11.1 Å². The van der Waals surface area contributed by atoms with Crippen molar-refractivity contribution in [2.24, 2.45) is 0 Å². The van der Waals surface area contributed by atoms with Gasteiger partial charge in [-0.05, 0) is 12.1 Å². The topological polar surface area (TPSA) is 66.9 Å². The molecule has 0 bridgehead atoms. The van der Waals surface area contributed by atoms with Crippen molar-refractivity contribution in [3.63, 3.8) is 0 Å². The maximum Gasteiger partial charge on any atom is 0.270 e. The average Bonchev–Trinajstić information content (AvgIpc) is 2.38. The monoisotopic (exact) mass is 258 g/mol. The van der Waals surface area contributed by atoms with Gasteiger partial charge in [-0.25, -0.2) is 0 Å². The molecule has 0 saturated heterocycles. The minimum absolute atomic E-state index is 0.109. The molecule has 18 heavy (non-hydrogen) atoms. The van der Waals surface area contributed by atoms with E-state index in [0.29, 0.717) is 16.1 Å². The number of nitriles is 1. The molecular weight excluding hydrogens is 252 g/mol. The van der Waals surface area contributed by atoms with Crippen molar-refractivity contribution < 1.29 is 4.92 Å². The van der Waals surface area contributed by atoms with Crippen LogP contribution in [0.15, 0.2) is 42.5 Å². The largest absolute Gasteiger partial charge is 0.270 e. The maximum atomic E-state index is 10.7. The minimum Gasteiger partial charge on any atom is -0.258 e. The predicted octanol–water partition coefficient (Wildman–Crippen LogP) is 3.79. The second-order valence-electron chi connectivity index (χ2n) is 3.58. The van der Waals surface area contributed by atoms with Gasteiger partial charge in [-0.15, -0.1) is 0 Å². The number of halogens is 1. The molecule has 0 saturated carbocycles. The molecule has 0 atom stereocenters. The van der Waals surface area contributed by atoms with E-state index in [4.69, 9.17) is 16.9 Å². The predicted molar refractivity (Wildman–Crippen MR) is 68.3 cm³/mol. The Balaban J connectivity index is 2.63. The van der Waals surface area contributed by atoms with Crippen LogP contribution in [0.2, 0.25) is 5.02 Å². The summed E-state index contributed by atoms with van der Waals surface area (Å²) in [6.07, 6.45) is 0. The molecule has 4 nitrogen and oxygen atoms in total. The highest BCUT2D eigenvalue weighted by molar-refractivity contribution is 6.33. The van der Waals surface area contributed by atoms with Crippen LogP contribution in [-0.2, 0) is 0 Å². The Morgan fingerprint density at radius 3 is 2.50 bits per heavy atom. The molecule has 0 radical (unpaired) electrons. The number of hydrogen-bond donors (Lipinski definition) is 0. The number of rotatable bonds is 2. The van der Waals surface area contributed by atoms with Gasteiger partial charge in [0.05, 0.1) is 10.5 Å². The Kier molecular flexibility index (Phi) is 3.26. The maximum absolute atomic E-state index is 10.7. The normalized spacial score (nSPS) is 9.78. The van der Waals surface area contributed by atoms with Gasteiger partial charge < -0.3 is 0 Å². The first kappa shape index (κ1) is 12.1. The summed E-state index contributed by atoms with van der Waals surface area (Å²) >= 11 is 6.05. The van der Waals surface area contributed by atoms with E-state index in [2.05, 4.69) is 0 Å². The van der Waals surface area contributed by atoms with Gasteiger partial charge >= 0.3 is 0 Å². The summed E-state index contributed by atoms with van der Waals surface area (Å²) in [7, 11) is 0. The van der Waals surface area contributed by atoms with Gasteiger partial charge in [0.15, 0.2) is 0 Å². The fourth-order valence-electron chi connectivity index (χ4n) is 1.65. The summed E-state index contributed by atoms with van der Waals surface area (Å²) in [4.78, 5) is 10.1. The zero-order valence-corrected chi connectivity index (χ0v) is 9.89. The first-order chi connectivity index (χ1) is 8.63. The van der Waals surface area contributed by atoms with Crippen molar-refractivity contribution in [3.8, 4) is 17.2 Å². The van der Waals surface area contributed by atoms with E-state index in [-0.39, 0.29) is 11.3 Å². The van der Waals surface area contributed by atoms with E-state index in [0.717, 1.165) is 0 Å². The molecule has 2 aromatic carbocycles. The molecule has 0 fully saturated rings. The van der Waals surface area contributed by atoms with Gasteiger partial charge in [0.2, 0.25) is 0 Å². The quantitative estimate of drug-likeness (QED) is 0.608. The van der Waals surface area contributed by atoms with Crippen LogP contribution < -0.4 is 0 Å². The van der Waals surface area contributed by atoms with Crippen molar-refractivity contribution >= 4 is 17.3 Å². The number of nitrogens with zero attached hydrogens (tertiary/aromatic N) is 2. The molecular formula is C13H7ClN2O2. The third-order valence-corrected chi connectivity index (χ3v) is 2.83. The highest BCUT2D eigenvalue weighted by atomic mass is 35.5. The molecule has 2 rings (SSSR count). The van der Waals surface area contributed by atoms with Crippen LogP contribution >= 0.6 is 11.6 Å². The molecule has 5 heteroatoms. The molecule has 0 heterocycles. The van der Waals surface area contributed by atoms with Gasteiger partial charge in [-0.3, -0.25) is 10.1 Å². The molecule has 0 N–H and O–H groups in total. The smallest absolute Gasteiger partial charge is 0.258 e. The Labute approximate surface area is 108 Å². The Morgan fingerprint density at radius 2 is 1.89 bits per heavy atom. The third kappa shape index (κ3) is 2.17. The van der Waals surface area contributed by atoms with Crippen molar-refractivity contribution in [1.29, 1.82) is 5.26 Å². The highest BCUT2D eigenvalue weighted by Crippen LogP contribution is 2.31. The lowest BCUT2D eigenvalue weighted by molar-refractivity contribution is -0.384. The number of hydrogen-bond acceptors (Lipinski definition) is 3. The van der Waals surface area contributed by atoms with Gasteiger partial charge in [0.25, 0.3) is 5.69 Å². The molecule has 0 aliphatic rings. The second kappa shape index (κ2) is 4.86. The fourth-order valence-corrected chi connectivity index (χ4v) is 1.89. The molecule has 0 spiro atoms. The first-order valence-electron chi connectivity index (χ1n) is 5.07. The van der Waals surface area contributed by atoms with Crippen LogP contribution in [0.3, 0.4) is 0 Å². The van der Waals surface area contributed by atoms with Gasteiger partial charge in [-0.1, -0.05) is 29.8 Å². The lowest BCUT2D eigenvalue weighted by atomic mass is 10.00. The lowest BCUT2D eigenvalue weighted by Gasteiger charge is -2.06. The Bertz CT molecular complexity index is 662. The van der Waals surface area contributed by atoms with Crippen LogP contribution in [0.4, 0.5) is 5.69 Å². The molecule has 0 aliphatic heterocycles. The van der Waals surface area contributed by atoms with Crippen LogP contribution in [-0.4, -0.2) is 4.92 Å². The van der Waals surface area contributed by atoms with E-state index in [1.165, 1.54) is 18.2 Å². The Hall–Kier alpha value is -2.38. The van der Waals surface area contributed by atoms with E-state index in [9.17, 15) is 10.1 Å². The summed E-state index contributed by atoms with van der Waals surface area (Å²) in [6.45, 7) is 0. The molecule has 2 aromatic rings. The van der Waals surface area contributed by atoms with E-state index < -0.39 is 4.92 Å². The van der Waals surface area contributed by atoms with Crippen molar-refractivity contribution in [1.82, 2.24) is 0 Å². The van der Waals surface area contributed by atoms with Gasteiger partial charge in [-0.2, -0.15) is 5.26 Å². The van der Waals surface area contributed by atoms with Gasteiger partial charge in [0, 0.05) is 28.3 Å². The van der Waals surface area contributed by atoms with Crippen LogP contribution in [0.5, 0.6) is 0 Å². The number of benzene rings is 2. The van der Waals surface area contributed by atoms with E-state index in [1.54, 1.807) is 24.3 Å². The van der Waals surface area contributed by atoms with Crippen molar-refractivity contribution in [2.75, 3.05) is 0 Å². The number of nitro groups is 1. The summed E-state index contributed by atoms with van der Waals surface area (Å²) in [5.74, 6) is 0. The molecule has 0 aromatic heterocycles. The zero-order chi connectivity index (χ0) is 13.1. The van der Waals surface area contributed by atoms with Gasteiger partial charge in [0.1, 0.15) is 6.07 Å². The average molecular weight is 259 g/mol. The van der Waals surface area contributed by atoms with Crippen molar-refractivity contribution in [3.05, 3.63) is 63.2 Å². The minimum atomic E-state index is -0.531. The van der Waals surface area contributed by atoms with Crippen LogP contribution in [0.1, 0.15) is 5.56 Å². The van der Waals surface area contributed by atoms with E-state index >= 15 is 0 Å². The van der Waals surface area contributed by atoms with Crippen LogP contribution in [0, 0.1) is 21.4 Å². The third-order valence-electron chi connectivity index (χ3n) is 2.50. The molecule has 0 unspecified atom stereocenters. The SMILES string of the molecule is N#Cc1cc([N+](=O)[O-])ccc1-c1ccccc1Cl. The lowest BCUT2D eigenvalue weighted by Crippen LogP contribution is -1.91. The first-order valence-corrected chi connectivity index (χ1v) is 5.44. The van der Waals surface area contributed by atoms with E-state index in [1.807, 2.05) is 6.07 Å². The Morgan fingerprint density at radius 1 is 1.17 bits per heavy atom. The summed E-state index contributed by atoms with van der Waals surface area (Å²) in [6, 6.07) is 13.2. The summed E-state index contributed by atoms with van der Waals surface area (Å²) in [5, 5.41) is 20.2. The standard InChI is InChI=1S/C13H7ClN2O2/c14-13-4-2-1-3-12(13)11-6-5-10(16(17)18)7-9(11)8-15/h1-7H.